The lowest BCUT2D eigenvalue weighted by atomic mass is 9.94. The molecule has 0 N–H and O–H groups in total. The van der Waals surface area contributed by atoms with Crippen LogP contribution in [0.3, 0.4) is 0 Å². The van der Waals surface area contributed by atoms with Crippen molar-refractivity contribution in [3.05, 3.63) is 182 Å². The molecule has 0 atom stereocenters. The fraction of sp³-hybridized carbons (Fsp3) is 0. The third-order valence-corrected chi connectivity index (χ3v) is 10.8. The van der Waals surface area contributed by atoms with Gasteiger partial charge in [0.1, 0.15) is 0 Å². The molecule has 0 saturated carbocycles. The molecule has 10 rings (SSSR count). The Morgan fingerprint density at radius 3 is 1.71 bits per heavy atom. The minimum atomic E-state index is 0.652. The molecule has 0 fully saturated rings. The fourth-order valence-electron chi connectivity index (χ4n) is 7.21. The molecule has 1 aliphatic heterocycles. The van der Waals surface area contributed by atoms with Crippen LogP contribution in [0.25, 0.3) is 66.8 Å². The van der Waals surface area contributed by atoms with E-state index in [1.54, 1.807) is 0 Å². The standard InChI is InChI=1S/C47H30N4S/c1-4-14-32(15-5-1)45-48-46(33-16-6-2-7-17-33)50-47(49-45)35-24-27-42-40(30-35)38-21-12-22-39-41(26-28-43(52-42)44(38)39)51(36-19-8-3-9-20-36)37-25-23-31-13-10-11-18-34(31)29-37/h1-30H. The van der Waals surface area contributed by atoms with E-state index in [9.17, 15) is 0 Å². The summed E-state index contributed by atoms with van der Waals surface area (Å²) < 4.78 is 0. The van der Waals surface area contributed by atoms with Crippen molar-refractivity contribution in [2.45, 2.75) is 9.79 Å². The highest BCUT2D eigenvalue weighted by molar-refractivity contribution is 7.99. The van der Waals surface area contributed by atoms with Gasteiger partial charge in [-0.3, -0.25) is 0 Å². The van der Waals surface area contributed by atoms with Gasteiger partial charge in [0.15, 0.2) is 17.5 Å². The van der Waals surface area contributed by atoms with Gasteiger partial charge >= 0.3 is 0 Å². The molecule has 5 heteroatoms. The van der Waals surface area contributed by atoms with Crippen LogP contribution in [-0.4, -0.2) is 15.0 Å². The summed E-state index contributed by atoms with van der Waals surface area (Å²) in [6, 6.07) is 64.0. The van der Waals surface area contributed by atoms with Gasteiger partial charge in [-0.1, -0.05) is 145 Å². The van der Waals surface area contributed by atoms with Crippen molar-refractivity contribution in [2.75, 3.05) is 4.90 Å². The van der Waals surface area contributed by atoms with Gasteiger partial charge in [0.2, 0.25) is 0 Å². The van der Waals surface area contributed by atoms with Gasteiger partial charge in [-0.2, -0.15) is 0 Å². The number of anilines is 3. The second kappa shape index (κ2) is 12.6. The SMILES string of the molecule is c1ccc(-c2nc(-c3ccccc3)nc(-c3ccc4c(c3)-c3cccc5c(N(c6ccccc6)c6ccc7ccccc7c6)ccc(c35)S4)n2)cc1. The van der Waals surface area contributed by atoms with E-state index in [1.807, 2.05) is 72.4 Å². The Bertz CT molecular complexity index is 2710. The highest BCUT2D eigenvalue weighted by Crippen LogP contribution is 2.52. The second-order valence-electron chi connectivity index (χ2n) is 12.9. The third-order valence-electron chi connectivity index (χ3n) is 9.67. The summed E-state index contributed by atoms with van der Waals surface area (Å²) in [6.45, 7) is 0. The Morgan fingerprint density at radius 2 is 1.00 bits per heavy atom. The molecule has 1 aromatic heterocycles. The van der Waals surface area contributed by atoms with Crippen molar-refractivity contribution in [2.24, 2.45) is 0 Å². The van der Waals surface area contributed by atoms with Crippen molar-refractivity contribution < 1.29 is 0 Å². The number of hydrogen-bond acceptors (Lipinski definition) is 5. The monoisotopic (exact) mass is 682 g/mol. The molecule has 0 radical (unpaired) electrons. The molecule has 9 aromatic rings. The van der Waals surface area contributed by atoms with E-state index in [2.05, 4.69) is 126 Å². The Morgan fingerprint density at radius 1 is 0.385 bits per heavy atom. The lowest BCUT2D eigenvalue weighted by molar-refractivity contribution is 1.07. The largest absolute Gasteiger partial charge is 0.310 e. The van der Waals surface area contributed by atoms with Crippen LogP contribution in [0.15, 0.2) is 192 Å². The van der Waals surface area contributed by atoms with Crippen molar-refractivity contribution in [1.29, 1.82) is 0 Å². The molecule has 1 aliphatic rings. The minimum absolute atomic E-state index is 0.652. The first-order valence-corrected chi connectivity index (χ1v) is 18.2. The maximum Gasteiger partial charge on any atom is 0.164 e. The first-order valence-electron chi connectivity index (χ1n) is 17.4. The average molecular weight is 683 g/mol. The lowest BCUT2D eigenvalue weighted by Crippen LogP contribution is -2.11. The van der Waals surface area contributed by atoms with E-state index in [4.69, 9.17) is 15.0 Å². The van der Waals surface area contributed by atoms with E-state index in [0.717, 1.165) is 33.8 Å². The summed E-state index contributed by atoms with van der Waals surface area (Å²) >= 11 is 1.82. The molecular weight excluding hydrogens is 653 g/mol. The summed E-state index contributed by atoms with van der Waals surface area (Å²) in [5.74, 6) is 1.96. The molecule has 0 spiro atoms. The van der Waals surface area contributed by atoms with Crippen molar-refractivity contribution in [3.63, 3.8) is 0 Å². The molecule has 244 valence electrons. The summed E-state index contributed by atoms with van der Waals surface area (Å²) in [5.41, 5.74) is 8.62. The molecule has 2 heterocycles. The highest BCUT2D eigenvalue weighted by atomic mass is 32.2. The molecule has 0 amide bonds. The summed E-state index contributed by atoms with van der Waals surface area (Å²) in [4.78, 5) is 19.8. The van der Waals surface area contributed by atoms with Gasteiger partial charge in [0.05, 0.1) is 5.69 Å². The van der Waals surface area contributed by atoms with E-state index >= 15 is 0 Å². The molecule has 0 bridgehead atoms. The van der Waals surface area contributed by atoms with Crippen LogP contribution >= 0.6 is 11.8 Å². The number of fused-ring (bicyclic) bond motifs is 3. The number of rotatable bonds is 6. The number of benzene rings is 8. The van der Waals surface area contributed by atoms with Crippen LogP contribution in [0, 0.1) is 0 Å². The van der Waals surface area contributed by atoms with Crippen LogP contribution in [0.4, 0.5) is 17.1 Å². The Hall–Kier alpha value is -6.56. The number of aromatic nitrogens is 3. The maximum absolute atomic E-state index is 5.03. The zero-order chi connectivity index (χ0) is 34.4. The fourth-order valence-corrected chi connectivity index (χ4v) is 8.32. The molecular formula is C47H30N4S. The summed E-state index contributed by atoms with van der Waals surface area (Å²) in [7, 11) is 0. The Balaban J connectivity index is 1.14. The molecule has 0 aliphatic carbocycles. The molecule has 4 nitrogen and oxygen atoms in total. The molecule has 52 heavy (non-hydrogen) atoms. The van der Waals surface area contributed by atoms with E-state index in [-0.39, 0.29) is 0 Å². The van der Waals surface area contributed by atoms with E-state index in [0.29, 0.717) is 17.5 Å². The van der Waals surface area contributed by atoms with Crippen LogP contribution in [0.2, 0.25) is 0 Å². The topological polar surface area (TPSA) is 41.9 Å². The smallest absolute Gasteiger partial charge is 0.164 e. The second-order valence-corrected chi connectivity index (χ2v) is 13.9. The number of hydrogen-bond donors (Lipinski definition) is 0. The average Bonchev–Trinajstić information content (AvgIpc) is 3.22. The molecule has 0 saturated heterocycles. The van der Waals surface area contributed by atoms with Gasteiger partial charge in [0, 0.05) is 48.6 Å². The van der Waals surface area contributed by atoms with Crippen LogP contribution in [0.5, 0.6) is 0 Å². The highest BCUT2D eigenvalue weighted by Gasteiger charge is 2.24. The third kappa shape index (κ3) is 5.31. The molecule has 0 unspecified atom stereocenters. The van der Waals surface area contributed by atoms with Gasteiger partial charge in [-0.25, -0.2) is 15.0 Å². The van der Waals surface area contributed by atoms with E-state index < -0.39 is 0 Å². The van der Waals surface area contributed by atoms with Crippen molar-refractivity contribution in [3.8, 4) is 45.3 Å². The summed E-state index contributed by atoms with van der Waals surface area (Å²) in [6.07, 6.45) is 0. The summed E-state index contributed by atoms with van der Waals surface area (Å²) in [5, 5.41) is 4.89. The van der Waals surface area contributed by atoms with Gasteiger partial charge in [-0.15, -0.1) is 0 Å². The van der Waals surface area contributed by atoms with Crippen LogP contribution in [0.1, 0.15) is 0 Å². The van der Waals surface area contributed by atoms with Crippen LogP contribution < -0.4 is 4.90 Å². The van der Waals surface area contributed by atoms with Gasteiger partial charge in [-0.05, 0) is 70.4 Å². The minimum Gasteiger partial charge on any atom is -0.310 e. The van der Waals surface area contributed by atoms with Gasteiger partial charge < -0.3 is 4.90 Å². The zero-order valence-electron chi connectivity index (χ0n) is 28.0. The predicted octanol–water partition coefficient (Wildman–Crippen LogP) is 12.8. The lowest BCUT2D eigenvalue weighted by Gasteiger charge is -2.29. The van der Waals surface area contributed by atoms with Crippen molar-refractivity contribution >= 4 is 50.4 Å². The quantitative estimate of drug-likeness (QED) is 0.175. The number of nitrogens with zero attached hydrogens (tertiary/aromatic N) is 4. The predicted molar refractivity (Wildman–Crippen MR) is 215 cm³/mol. The van der Waals surface area contributed by atoms with Crippen LogP contribution in [-0.2, 0) is 0 Å². The Labute approximate surface area is 306 Å². The van der Waals surface area contributed by atoms with Crippen molar-refractivity contribution in [1.82, 2.24) is 15.0 Å². The first-order chi connectivity index (χ1) is 25.8. The van der Waals surface area contributed by atoms with Gasteiger partial charge in [0.25, 0.3) is 0 Å². The van der Waals surface area contributed by atoms with E-state index in [1.165, 1.54) is 42.5 Å². The first kappa shape index (κ1) is 30.3. The maximum atomic E-state index is 5.03. The molecule has 8 aromatic carbocycles. The Kier molecular flexibility index (Phi) is 7.36. The normalized spacial score (nSPS) is 11.8. The number of para-hydroxylation sites is 1. The zero-order valence-corrected chi connectivity index (χ0v) is 28.8.